The van der Waals surface area contributed by atoms with Gasteiger partial charge in [0.25, 0.3) is 0 Å². The molecular weight excluding hydrogens is 108 g/mol. The zero-order valence-corrected chi connectivity index (χ0v) is 4.66. The van der Waals surface area contributed by atoms with Crippen LogP contribution >= 0.6 is 0 Å². The largest absolute Gasteiger partial charge is 0.481 e. The molecule has 0 fully saturated rings. The Bertz CT molecular complexity index is 79.4. The second-order valence-corrected chi connectivity index (χ2v) is 1.14. The third-order valence-electron chi connectivity index (χ3n) is 0.464. The molecule has 0 aliphatic carbocycles. The van der Waals surface area contributed by atoms with Gasteiger partial charge >= 0.3 is 5.97 Å². The van der Waals surface area contributed by atoms with E-state index < -0.39 is 5.97 Å². The maximum absolute atomic E-state index is 9.60. The van der Waals surface area contributed by atoms with E-state index in [0.717, 1.165) is 6.42 Å². The fraction of sp³-hybridized carbons (Fsp3) is 0.750. The molecule has 0 radical (unpaired) electrons. The molecule has 0 bridgehead atoms. The van der Waals surface area contributed by atoms with Gasteiger partial charge in [0.15, 0.2) is 0 Å². The summed E-state index contributed by atoms with van der Waals surface area (Å²) >= 11 is 0. The molecule has 46 valence electrons. The summed E-state index contributed by atoms with van der Waals surface area (Å²) in [5, 5.41) is 19.9. The smallest absolute Gasteiger partial charge is 0.303 e. The fourth-order valence-electron chi connectivity index (χ4n) is 0.214. The van der Waals surface area contributed by atoms with Crippen molar-refractivity contribution in [2.75, 3.05) is 0 Å². The third-order valence-corrected chi connectivity index (χ3v) is 0.464. The summed E-state index contributed by atoms with van der Waals surface area (Å²) in [6, 6.07) is 0. The maximum atomic E-state index is 9.60. The molecule has 0 heterocycles. The van der Waals surface area contributed by atoms with Gasteiger partial charge in [0.1, 0.15) is 0 Å². The van der Waals surface area contributed by atoms with E-state index in [-0.39, 0.29) is 0 Å². The quantitative estimate of drug-likeness (QED) is 0.543. The van der Waals surface area contributed by atoms with Crippen LogP contribution in [0.3, 0.4) is 0 Å². The van der Waals surface area contributed by atoms with Crippen molar-refractivity contribution in [2.45, 2.75) is 19.8 Å². The lowest BCUT2D eigenvalue weighted by molar-refractivity contribution is -0.137. The van der Waals surface area contributed by atoms with Crippen molar-refractivity contribution in [2.24, 2.45) is 0 Å². The van der Waals surface area contributed by atoms with Crippen molar-refractivity contribution < 1.29 is 9.90 Å². The first kappa shape index (κ1) is 10.00. The Labute approximate surface area is 47.5 Å². The average molecular weight is 116 g/mol. The van der Waals surface area contributed by atoms with Crippen LogP contribution in [0, 0.1) is 10.8 Å². The van der Waals surface area contributed by atoms with Crippen LogP contribution in [0.25, 0.3) is 0 Å². The normalized spacial score (nSPS) is 6.38. The summed E-state index contributed by atoms with van der Waals surface area (Å²) in [5.41, 5.74) is 0. The first-order chi connectivity index (χ1) is 3.77. The molecule has 0 amide bonds. The summed E-state index contributed by atoms with van der Waals surface area (Å²) in [4.78, 5) is 9.60. The van der Waals surface area contributed by atoms with E-state index in [1.807, 2.05) is 6.92 Å². The van der Waals surface area contributed by atoms with Crippen LogP contribution in [0.1, 0.15) is 19.8 Å². The van der Waals surface area contributed by atoms with Gasteiger partial charge in [-0.15, -0.1) is 0 Å². The summed E-state index contributed by atoms with van der Waals surface area (Å²) < 4.78 is 0. The van der Waals surface area contributed by atoms with Crippen molar-refractivity contribution >= 4 is 5.97 Å². The van der Waals surface area contributed by atoms with Crippen molar-refractivity contribution in [1.29, 1.82) is 10.8 Å². The zero-order chi connectivity index (χ0) is 6.99. The van der Waals surface area contributed by atoms with Gasteiger partial charge in [0.2, 0.25) is 0 Å². The molecule has 4 nitrogen and oxygen atoms in total. The van der Waals surface area contributed by atoms with Gasteiger partial charge < -0.3 is 5.11 Å². The molecule has 1 N–H and O–H groups in total. The average Bonchev–Trinajstić information content (AvgIpc) is 1.72. The monoisotopic (exact) mass is 116 g/mol. The predicted molar refractivity (Wildman–Crippen MR) is 26.0 cm³/mol. The van der Waals surface area contributed by atoms with Crippen molar-refractivity contribution in [1.82, 2.24) is 0 Å². The summed E-state index contributed by atoms with van der Waals surface area (Å²) in [6.07, 6.45) is 1.02. The Morgan fingerprint density at radius 1 is 1.62 bits per heavy atom. The molecule has 0 aromatic rings. The second kappa shape index (κ2) is 9.31. The molecule has 4 heteroatoms. The Balaban J connectivity index is 0. The molecule has 0 saturated carbocycles. The SMILES string of the molecule is CCCC(=O)O.N#N. The predicted octanol–water partition coefficient (Wildman–Crippen LogP) is 0.901. The lowest BCUT2D eigenvalue weighted by atomic mass is 10.4. The van der Waals surface area contributed by atoms with Crippen LogP contribution < -0.4 is 0 Å². The van der Waals surface area contributed by atoms with E-state index in [1.165, 1.54) is 0 Å². The molecule has 8 heavy (non-hydrogen) atoms. The first-order valence-corrected chi connectivity index (χ1v) is 2.19. The van der Waals surface area contributed by atoms with E-state index in [4.69, 9.17) is 15.9 Å². The summed E-state index contributed by atoms with van der Waals surface area (Å²) in [7, 11) is 0. The number of nitrogens with zero attached hydrogens (tertiary/aromatic N) is 2. The third kappa shape index (κ3) is 20.7. The van der Waals surface area contributed by atoms with Crippen LogP contribution in [0.15, 0.2) is 0 Å². The molecule has 0 saturated heterocycles. The lowest BCUT2D eigenvalue weighted by Crippen LogP contribution is -1.90. The van der Waals surface area contributed by atoms with E-state index in [9.17, 15) is 4.79 Å². The number of hydrogen-bond acceptors (Lipinski definition) is 3. The van der Waals surface area contributed by atoms with Gasteiger partial charge in [-0.05, 0) is 6.42 Å². The van der Waals surface area contributed by atoms with Crippen LogP contribution in [-0.4, -0.2) is 11.1 Å². The van der Waals surface area contributed by atoms with Gasteiger partial charge in [0, 0.05) is 17.2 Å². The number of carboxylic acids is 1. The Hall–Kier alpha value is -1.11. The minimum atomic E-state index is -0.711. The number of rotatable bonds is 2. The Morgan fingerprint density at radius 3 is 2.00 bits per heavy atom. The zero-order valence-electron chi connectivity index (χ0n) is 4.66. The van der Waals surface area contributed by atoms with Crippen molar-refractivity contribution in [3.63, 3.8) is 0 Å². The molecule has 0 aromatic carbocycles. The molecule has 0 spiro atoms. The molecule has 0 atom stereocenters. The van der Waals surface area contributed by atoms with E-state index in [0.29, 0.717) is 6.42 Å². The summed E-state index contributed by atoms with van der Waals surface area (Å²) in [6.45, 7) is 1.84. The van der Waals surface area contributed by atoms with Crippen LogP contribution in [0.4, 0.5) is 0 Å². The molecule has 0 aliphatic heterocycles. The number of carboxylic acid groups (broad SMARTS) is 1. The standard InChI is InChI=1S/C4H8O2.N2/c1-2-3-4(5)6;1-2/h2-3H2,1H3,(H,5,6);. The van der Waals surface area contributed by atoms with Crippen LogP contribution in [0.5, 0.6) is 0 Å². The van der Waals surface area contributed by atoms with E-state index in [1.54, 1.807) is 0 Å². The molecule has 0 aromatic heterocycles. The number of aliphatic carboxylic acids is 1. The van der Waals surface area contributed by atoms with Gasteiger partial charge in [-0.2, -0.15) is 0 Å². The molecule has 0 unspecified atom stereocenters. The molecular formula is C4H8N2O2. The Morgan fingerprint density at radius 2 is 2.00 bits per heavy atom. The number of carbonyl (C=O) groups is 1. The van der Waals surface area contributed by atoms with Gasteiger partial charge in [-0.1, -0.05) is 6.92 Å². The second-order valence-electron chi connectivity index (χ2n) is 1.14. The van der Waals surface area contributed by atoms with Gasteiger partial charge in [-0.25, -0.2) is 0 Å². The van der Waals surface area contributed by atoms with E-state index >= 15 is 0 Å². The maximum Gasteiger partial charge on any atom is 0.303 e. The van der Waals surface area contributed by atoms with Crippen LogP contribution in [-0.2, 0) is 4.79 Å². The van der Waals surface area contributed by atoms with Gasteiger partial charge in [0.05, 0.1) is 0 Å². The van der Waals surface area contributed by atoms with Gasteiger partial charge in [-0.3, -0.25) is 4.79 Å². The molecule has 0 rings (SSSR count). The fourth-order valence-corrected chi connectivity index (χ4v) is 0.214. The lowest BCUT2D eigenvalue weighted by Gasteiger charge is -1.79. The Kier molecular flexibility index (Phi) is 11.6. The van der Waals surface area contributed by atoms with Crippen LogP contribution in [0.2, 0.25) is 0 Å². The minimum Gasteiger partial charge on any atom is -0.481 e. The highest BCUT2D eigenvalue weighted by Crippen LogP contribution is 1.82. The number of hydrogen-bond donors (Lipinski definition) is 1. The first-order valence-electron chi connectivity index (χ1n) is 2.19. The van der Waals surface area contributed by atoms with Crippen molar-refractivity contribution in [3.05, 3.63) is 0 Å². The van der Waals surface area contributed by atoms with E-state index in [2.05, 4.69) is 0 Å². The summed E-state index contributed by atoms with van der Waals surface area (Å²) in [5.74, 6) is -0.711. The highest BCUT2D eigenvalue weighted by molar-refractivity contribution is 5.66. The molecule has 0 aliphatic rings. The highest BCUT2D eigenvalue weighted by Gasteiger charge is 1.87. The topological polar surface area (TPSA) is 84.9 Å². The highest BCUT2D eigenvalue weighted by atomic mass is 16.4. The van der Waals surface area contributed by atoms with Crippen molar-refractivity contribution in [3.8, 4) is 0 Å². The minimum absolute atomic E-state index is 0.292.